The van der Waals surface area contributed by atoms with E-state index in [0.29, 0.717) is 6.54 Å². The quantitative estimate of drug-likeness (QED) is 0.899. The summed E-state index contributed by atoms with van der Waals surface area (Å²) in [7, 11) is 1.88. The molecule has 0 saturated carbocycles. The van der Waals surface area contributed by atoms with Gasteiger partial charge in [-0.2, -0.15) is 5.10 Å². The van der Waals surface area contributed by atoms with Crippen molar-refractivity contribution in [2.75, 3.05) is 7.05 Å². The summed E-state index contributed by atoms with van der Waals surface area (Å²) in [5, 5.41) is 10.1. The van der Waals surface area contributed by atoms with Gasteiger partial charge in [-0.25, -0.2) is 4.98 Å². The Balaban J connectivity index is 2.05. The van der Waals surface area contributed by atoms with Crippen molar-refractivity contribution in [3.8, 4) is 0 Å². The summed E-state index contributed by atoms with van der Waals surface area (Å²) in [6.07, 6.45) is 0.782. The molecule has 0 atom stereocenters. The molecule has 2 aromatic rings. The molecule has 0 saturated heterocycles. The molecule has 5 heteroatoms. The summed E-state index contributed by atoms with van der Waals surface area (Å²) in [5.41, 5.74) is 1.22. The number of aromatic nitrogens is 3. The lowest BCUT2D eigenvalue weighted by Crippen LogP contribution is -2.06. The molecule has 84 valence electrons. The van der Waals surface area contributed by atoms with Crippen molar-refractivity contribution < 1.29 is 0 Å². The van der Waals surface area contributed by atoms with E-state index in [4.69, 9.17) is 0 Å². The summed E-state index contributed by atoms with van der Waals surface area (Å²) < 4.78 is 1.09. The molecule has 2 N–H and O–H groups in total. The summed E-state index contributed by atoms with van der Waals surface area (Å²) in [6, 6.07) is 8.20. The minimum atomic E-state index is 0.691. The van der Waals surface area contributed by atoms with Gasteiger partial charge in [0.25, 0.3) is 0 Å². The van der Waals surface area contributed by atoms with Crippen LogP contribution in [0.5, 0.6) is 0 Å². The first-order valence-corrected chi connectivity index (χ1v) is 5.86. The Kier molecular flexibility index (Phi) is 3.69. The molecule has 0 bridgehead atoms. The summed E-state index contributed by atoms with van der Waals surface area (Å²) in [6.45, 7) is 0.691. The normalized spacial score (nSPS) is 10.6. The number of H-pyrrole nitrogens is 1. The van der Waals surface area contributed by atoms with Crippen molar-refractivity contribution in [1.29, 1.82) is 0 Å². The van der Waals surface area contributed by atoms with E-state index in [2.05, 4.69) is 48.6 Å². The second-order valence-electron chi connectivity index (χ2n) is 3.53. The Morgan fingerprint density at radius 3 is 2.75 bits per heavy atom. The predicted octanol–water partition coefficient (Wildman–Crippen LogP) is 1.88. The molecule has 0 aliphatic heterocycles. The van der Waals surface area contributed by atoms with E-state index in [0.717, 1.165) is 22.5 Å². The number of benzene rings is 1. The molecule has 0 spiro atoms. The summed E-state index contributed by atoms with van der Waals surface area (Å²) >= 11 is 3.41. The van der Waals surface area contributed by atoms with E-state index >= 15 is 0 Å². The number of aromatic amines is 1. The molecule has 2 rings (SSSR count). The van der Waals surface area contributed by atoms with Crippen LogP contribution >= 0.6 is 15.9 Å². The van der Waals surface area contributed by atoms with Crippen molar-refractivity contribution in [1.82, 2.24) is 20.5 Å². The van der Waals surface area contributed by atoms with Crippen molar-refractivity contribution in [2.24, 2.45) is 0 Å². The smallest absolute Gasteiger partial charge is 0.164 e. The van der Waals surface area contributed by atoms with Crippen LogP contribution in [-0.2, 0) is 13.0 Å². The van der Waals surface area contributed by atoms with Gasteiger partial charge in [0.2, 0.25) is 0 Å². The third kappa shape index (κ3) is 2.90. The SMILES string of the molecule is CNCc1n[nH]c(Cc2ccc(Br)cc2)n1. The van der Waals surface area contributed by atoms with Crippen LogP contribution in [0.2, 0.25) is 0 Å². The van der Waals surface area contributed by atoms with Crippen molar-refractivity contribution in [2.45, 2.75) is 13.0 Å². The lowest BCUT2D eigenvalue weighted by molar-refractivity contribution is 0.762. The molecule has 16 heavy (non-hydrogen) atoms. The second-order valence-corrected chi connectivity index (χ2v) is 4.45. The average Bonchev–Trinajstić information content (AvgIpc) is 2.70. The van der Waals surface area contributed by atoms with E-state index in [9.17, 15) is 0 Å². The van der Waals surface area contributed by atoms with Gasteiger partial charge in [0.15, 0.2) is 5.82 Å². The lowest BCUT2D eigenvalue weighted by Gasteiger charge is -1.97. The van der Waals surface area contributed by atoms with E-state index in [1.807, 2.05) is 19.2 Å². The molecule has 0 aliphatic carbocycles. The Morgan fingerprint density at radius 2 is 2.06 bits per heavy atom. The maximum Gasteiger partial charge on any atom is 0.164 e. The Hall–Kier alpha value is -1.20. The van der Waals surface area contributed by atoms with Gasteiger partial charge in [0.05, 0.1) is 6.54 Å². The zero-order valence-electron chi connectivity index (χ0n) is 9.00. The number of rotatable bonds is 4. The van der Waals surface area contributed by atoms with E-state index in [1.165, 1.54) is 5.56 Å². The largest absolute Gasteiger partial charge is 0.313 e. The molecular weight excluding hydrogens is 268 g/mol. The molecule has 0 amide bonds. The topological polar surface area (TPSA) is 53.6 Å². The van der Waals surface area contributed by atoms with Crippen LogP contribution in [0, 0.1) is 0 Å². The van der Waals surface area contributed by atoms with Crippen LogP contribution in [0.4, 0.5) is 0 Å². The van der Waals surface area contributed by atoms with E-state index in [1.54, 1.807) is 0 Å². The van der Waals surface area contributed by atoms with Gasteiger partial charge in [-0.3, -0.25) is 5.10 Å². The molecule has 0 aliphatic rings. The fraction of sp³-hybridized carbons (Fsp3) is 0.273. The number of nitrogens with one attached hydrogen (secondary N) is 2. The minimum Gasteiger partial charge on any atom is -0.313 e. The molecular formula is C11H13BrN4. The molecule has 0 fully saturated rings. The Labute approximate surface area is 103 Å². The first-order valence-electron chi connectivity index (χ1n) is 5.07. The van der Waals surface area contributed by atoms with Gasteiger partial charge in [-0.1, -0.05) is 28.1 Å². The van der Waals surface area contributed by atoms with Crippen LogP contribution < -0.4 is 5.32 Å². The minimum absolute atomic E-state index is 0.691. The van der Waals surface area contributed by atoms with Gasteiger partial charge in [0, 0.05) is 10.9 Å². The van der Waals surface area contributed by atoms with E-state index in [-0.39, 0.29) is 0 Å². The Morgan fingerprint density at radius 1 is 1.31 bits per heavy atom. The molecule has 1 aromatic carbocycles. The number of hydrogen-bond acceptors (Lipinski definition) is 3. The van der Waals surface area contributed by atoms with Crippen molar-refractivity contribution in [3.63, 3.8) is 0 Å². The highest BCUT2D eigenvalue weighted by Crippen LogP contribution is 2.12. The third-order valence-corrected chi connectivity index (χ3v) is 2.73. The fourth-order valence-electron chi connectivity index (χ4n) is 1.45. The van der Waals surface area contributed by atoms with Crippen LogP contribution in [0.1, 0.15) is 17.2 Å². The van der Waals surface area contributed by atoms with Crippen LogP contribution in [0.25, 0.3) is 0 Å². The molecule has 1 heterocycles. The predicted molar refractivity (Wildman–Crippen MR) is 66.1 cm³/mol. The molecule has 4 nitrogen and oxygen atoms in total. The van der Waals surface area contributed by atoms with Gasteiger partial charge in [0.1, 0.15) is 5.82 Å². The third-order valence-electron chi connectivity index (χ3n) is 2.20. The lowest BCUT2D eigenvalue weighted by atomic mass is 10.1. The first kappa shape index (κ1) is 11.3. The maximum atomic E-state index is 4.38. The monoisotopic (exact) mass is 280 g/mol. The summed E-state index contributed by atoms with van der Waals surface area (Å²) in [5.74, 6) is 1.70. The van der Waals surface area contributed by atoms with Gasteiger partial charge >= 0.3 is 0 Å². The van der Waals surface area contributed by atoms with Gasteiger partial charge < -0.3 is 5.32 Å². The molecule has 1 aromatic heterocycles. The number of nitrogens with zero attached hydrogens (tertiary/aromatic N) is 2. The highest BCUT2D eigenvalue weighted by atomic mass is 79.9. The summed E-state index contributed by atoms with van der Waals surface area (Å²) in [4.78, 5) is 4.38. The number of halogens is 1. The first-order chi connectivity index (χ1) is 7.78. The molecule has 0 unspecified atom stereocenters. The average molecular weight is 281 g/mol. The zero-order valence-corrected chi connectivity index (χ0v) is 10.6. The van der Waals surface area contributed by atoms with Crippen LogP contribution in [0.3, 0.4) is 0 Å². The van der Waals surface area contributed by atoms with Crippen LogP contribution in [-0.4, -0.2) is 22.2 Å². The van der Waals surface area contributed by atoms with Crippen molar-refractivity contribution in [3.05, 3.63) is 46.0 Å². The highest BCUT2D eigenvalue weighted by molar-refractivity contribution is 9.10. The van der Waals surface area contributed by atoms with Gasteiger partial charge in [-0.05, 0) is 24.7 Å². The molecule has 0 radical (unpaired) electrons. The zero-order chi connectivity index (χ0) is 11.4. The van der Waals surface area contributed by atoms with Crippen molar-refractivity contribution >= 4 is 15.9 Å². The maximum absolute atomic E-state index is 4.38. The van der Waals surface area contributed by atoms with E-state index < -0.39 is 0 Å². The Bertz CT molecular complexity index is 449. The number of hydrogen-bond donors (Lipinski definition) is 2. The second kappa shape index (κ2) is 5.23. The fourth-order valence-corrected chi connectivity index (χ4v) is 1.71. The van der Waals surface area contributed by atoms with Crippen LogP contribution in [0.15, 0.2) is 28.7 Å². The highest BCUT2D eigenvalue weighted by Gasteiger charge is 2.03. The van der Waals surface area contributed by atoms with Gasteiger partial charge in [-0.15, -0.1) is 0 Å². The standard InChI is InChI=1S/C11H13BrN4/c1-13-7-11-14-10(15-16-11)6-8-2-4-9(12)5-3-8/h2-5,13H,6-7H2,1H3,(H,14,15,16).